The number of allylic oxidation sites excluding steroid dienone is 1. The number of oxazole rings is 1. The Hall–Kier alpha value is -2.88. The van der Waals surface area contributed by atoms with Crippen LogP contribution in [0.1, 0.15) is 6.92 Å². The van der Waals surface area contributed by atoms with Crippen LogP contribution in [0, 0.1) is 0 Å². The van der Waals surface area contributed by atoms with Gasteiger partial charge in [0.2, 0.25) is 11.8 Å². The summed E-state index contributed by atoms with van der Waals surface area (Å²) in [6.45, 7) is 1.80. The van der Waals surface area contributed by atoms with Gasteiger partial charge < -0.3 is 9.73 Å². The van der Waals surface area contributed by atoms with Gasteiger partial charge in [-0.15, -0.1) is 0 Å². The minimum atomic E-state index is -0.146. The summed E-state index contributed by atoms with van der Waals surface area (Å²) in [5.74, 6) is 0.426. The molecule has 0 spiro atoms. The van der Waals surface area contributed by atoms with E-state index < -0.39 is 0 Å². The third-order valence-electron chi connectivity index (χ3n) is 3.01. The van der Waals surface area contributed by atoms with Crippen LogP contribution < -0.4 is 5.32 Å². The standard InChI is InChI=1S/C17H14N2O2/c1-2-5-16(20)18-13-10-8-12(9-11-13)17-19-14-6-3-4-7-15(14)21-17/h2-11H,1H3,(H,18,20). The summed E-state index contributed by atoms with van der Waals surface area (Å²) >= 11 is 0. The number of anilines is 1. The van der Waals surface area contributed by atoms with E-state index in [1.165, 1.54) is 6.08 Å². The van der Waals surface area contributed by atoms with Gasteiger partial charge in [0.15, 0.2) is 5.58 Å². The van der Waals surface area contributed by atoms with Crippen molar-refractivity contribution in [1.82, 2.24) is 4.98 Å². The Morgan fingerprint density at radius 3 is 2.62 bits per heavy atom. The van der Waals surface area contributed by atoms with Gasteiger partial charge in [-0.2, -0.15) is 0 Å². The van der Waals surface area contributed by atoms with E-state index in [2.05, 4.69) is 10.3 Å². The van der Waals surface area contributed by atoms with Crippen molar-refractivity contribution in [1.29, 1.82) is 0 Å². The fourth-order valence-corrected chi connectivity index (χ4v) is 2.03. The number of hydrogen-bond acceptors (Lipinski definition) is 3. The Bertz CT molecular complexity index is 768. The van der Waals surface area contributed by atoms with Crippen molar-refractivity contribution in [2.45, 2.75) is 6.92 Å². The van der Waals surface area contributed by atoms with E-state index in [0.29, 0.717) is 5.89 Å². The second-order valence-corrected chi connectivity index (χ2v) is 4.55. The van der Waals surface area contributed by atoms with Crippen molar-refractivity contribution in [3.63, 3.8) is 0 Å². The second kappa shape index (κ2) is 5.63. The predicted molar refractivity (Wildman–Crippen MR) is 82.9 cm³/mol. The zero-order valence-electron chi connectivity index (χ0n) is 11.5. The third-order valence-corrected chi connectivity index (χ3v) is 3.01. The molecule has 21 heavy (non-hydrogen) atoms. The summed E-state index contributed by atoms with van der Waals surface area (Å²) in [4.78, 5) is 15.9. The molecule has 0 aliphatic heterocycles. The summed E-state index contributed by atoms with van der Waals surface area (Å²) in [6, 6.07) is 15.0. The first-order valence-corrected chi connectivity index (χ1v) is 6.66. The zero-order chi connectivity index (χ0) is 14.7. The number of nitrogens with zero attached hydrogens (tertiary/aromatic N) is 1. The fraction of sp³-hybridized carbons (Fsp3) is 0.0588. The lowest BCUT2D eigenvalue weighted by atomic mass is 10.2. The smallest absolute Gasteiger partial charge is 0.248 e. The van der Waals surface area contributed by atoms with Crippen LogP contribution in [-0.4, -0.2) is 10.9 Å². The number of aromatic nitrogens is 1. The van der Waals surface area contributed by atoms with Crippen molar-refractivity contribution in [3.05, 3.63) is 60.7 Å². The number of hydrogen-bond donors (Lipinski definition) is 1. The maximum absolute atomic E-state index is 11.5. The van der Waals surface area contributed by atoms with E-state index in [4.69, 9.17) is 4.42 Å². The molecule has 4 nitrogen and oxygen atoms in total. The van der Waals surface area contributed by atoms with Crippen molar-refractivity contribution in [3.8, 4) is 11.5 Å². The van der Waals surface area contributed by atoms with Crippen molar-refractivity contribution < 1.29 is 9.21 Å². The molecule has 0 bridgehead atoms. The van der Waals surface area contributed by atoms with Crippen LogP contribution in [0.3, 0.4) is 0 Å². The second-order valence-electron chi connectivity index (χ2n) is 4.55. The number of nitrogens with one attached hydrogen (secondary N) is 1. The van der Waals surface area contributed by atoms with Crippen LogP contribution >= 0.6 is 0 Å². The highest BCUT2D eigenvalue weighted by Gasteiger charge is 2.07. The first-order chi connectivity index (χ1) is 10.3. The fourth-order valence-electron chi connectivity index (χ4n) is 2.03. The Labute approximate surface area is 122 Å². The van der Waals surface area contributed by atoms with Gasteiger partial charge in [0.25, 0.3) is 0 Å². The number of benzene rings is 2. The van der Waals surface area contributed by atoms with Gasteiger partial charge >= 0.3 is 0 Å². The molecular formula is C17H14N2O2. The number of rotatable bonds is 3. The monoisotopic (exact) mass is 278 g/mol. The molecule has 0 saturated heterocycles. The van der Waals surface area contributed by atoms with E-state index in [-0.39, 0.29) is 5.91 Å². The van der Waals surface area contributed by atoms with E-state index in [9.17, 15) is 4.79 Å². The number of carbonyl (C=O) groups excluding carboxylic acids is 1. The third kappa shape index (κ3) is 2.84. The molecular weight excluding hydrogens is 264 g/mol. The predicted octanol–water partition coefficient (Wildman–Crippen LogP) is 4.01. The summed E-state index contributed by atoms with van der Waals surface area (Å²) in [5.41, 5.74) is 3.20. The molecule has 2 aromatic carbocycles. The number of para-hydroxylation sites is 2. The molecule has 0 aliphatic carbocycles. The summed E-state index contributed by atoms with van der Waals surface area (Å²) in [6.07, 6.45) is 3.18. The SMILES string of the molecule is CC=CC(=O)Nc1ccc(-c2nc3ccccc3o2)cc1. The molecule has 1 N–H and O–H groups in total. The van der Waals surface area contributed by atoms with Crippen molar-refractivity contribution >= 4 is 22.7 Å². The average molecular weight is 278 g/mol. The molecule has 0 radical (unpaired) electrons. The molecule has 0 aliphatic rings. The van der Waals surface area contributed by atoms with Crippen molar-refractivity contribution in [2.24, 2.45) is 0 Å². The molecule has 3 rings (SSSR count). The number of fused-ring (bicyclic) bond motifs is 1. The minimum Gasteiger partial charge on any atom is -0.436 e. The summed E-state index contributed by atoms with van der Waals surface area (Å²) in [5, 5.41) is 2.77. The highest BCUT2D eigenvalue weighted by atomic mass is 16.3. The highest BCUT2D eigenvalue weighted by molar-refractivity contribution is 5.99. The van der Waals surface area contributed by atoms with Gasteiger partial charge in [-0.1, -0.05) is 18.2 Å². The molecule has 3 aromatic rings. The topological polar surface area (TPSA) is 55.1 Å². The van der Waals surface area contributed by atoms with E-state index in [0.717, 1.165) is 22.4 Å². The normalized spacial score (nSPS) is 11.1. The molecule has 0 saturated carbocycles. The largest absolute Gasteiger partial charge is 0.436 e. The van der Waals surface area contributed by atoms with Crippen LogP contribution in [-0.2, 0) is 4.79 Å². The Balaban J connectivity index is 1.85. The molecule has 0 unspecified atom stereocenters. The molecule has 1 heterocycles. The highest BCUT2D eigenvalue weighted by Crippen LogP contribution is 2.25. The Kier molecular flexibility index (Phi) is 3.51. The van der Waals surface area contributed by atoms with Crippen LogP contribution in [0.5, 0.6) is 0 Å². The maximum atomic E-state index is 11.5. The first-order valence-electron chi connectivity index (χ1n) is 6.66. The molecule has 0 fully saturated rings. The van der Waals surface area contributed by atoms with Gasteiger partial charge in [-0.3, -0.25) is 4.79 Å². The van der Waals surface area contributed by atoms with Crippen LogP contribution in [0.2, 0.25) is 0 Å². The average Bonchev–Trinajstić information content (AvgIpc) is 2.92. The van der Waals surface area contributed by atoms with Crippen LogP contribution in [0.4, 0.5) is 5.69 Å². The van der Waals surface area contributed by atoms with E-state index in [1.807, 2.05) is 48.5 Å². The first kappa shape index (κ1) is 13.1. The van der Waals surface area contributed by atoms with Crippen LogP contribution in [0.15, 0.2) is 65.1 Å². The Morgan fingerprint density at radius 2 is 1.90 bits per heavy atom. The zero-order valence-corrected chi connectivity index (χ0v) is 11.5. The van der Waals surface area contributed by atoms with E-state index in [1.54, 1.807) is 13.0 Å². The van der Waals surface area contributed by atoms with Crippen LogP contribution in [0.25, 0.3) is 22.6 Å². The van der Waals surface area contributed by atoms with E-state index >= 15 is 0 Å². The quantitative estimate of drug-likeness (QED) is 0.736. The van der Waals surface area contributed by atoms with Gasteiger partial charge in [0, 0.05) is 11.3 Å². The lowest BCUT2D eigenvalue weighted by molar-refractivity contribution is -0.111. The molecule has 1 aromatic heterocycles. The molecule has 104 valence electrons. The molecule has 4 heteroatoms. The van der Waals surface area contributed by atoms with Gasteiger partial charge in [0.05, 0.1) is 0 Å². The van der Waals surface area contributed by atoms with Gasteiger partial charge in [-0.05, 0) is 49.4 Å². The molecule has 0 atom stereocenters. The Morgan fingerprint density at radius 1 is 1.14 bits per heavy atom. The van der Waals surface area contributed by atoms with Crippen molar-refractivity contribution in [2.75, 3.05) is 5.32 Å². The van der Waals surface area contributed by atoms with Gasteiger partial charge in [-0.25, -0.2) is 4.98 Å². The lowest BCUT2D eigenvalue weighted by Crippen LogP contribution is -2.07. The lowest BCUT2D eigenvalue weighted by Gasteiger charge is -2.02. The minimum absolute atomic E-state index is 0.146. The number of amides is 1. The summed E-state index contributed by atoms with van der Waals surface area (Å²) < 4.78 is 5.70. The number of carbonyl (C=O) groups is 1. The van der Waals surface area contributed by atoms with Gasteiger partial charge in [0.1, 0.15) is 5.52 Å². The summed E-state index contributed by atoms with van der Waals surface area (Å²) in [7, 11) is 0. The maximum Gasteiger partial charge on any atom is 0.248 e. The molecule has 1 amide bonds.